The average Bonchev–Trinajstić information content (AvgIpc) is 2.80. The van der Waals surface area contributed by atoms with E-state index < -0.39 is 0 Å². The normalized spacial score (nSPS) is 25.1. The molecule has 20 heavy (non-hydrogen) atoms. The zero-order valence-electron chi connectivity index (χ0n) is 12.3. The lowest BCUT2D eigenvalue weighted by Gasteiger charge is -2.50. The Morgan fingerprint density at radius 3 is 2.80 bits per heavy atom. The minimum Gasteiger partial charge on any atom is -0.411 e. The number of amides is 1. The summed E-state index contributed by atoms with van der Waals surface area (Å²) < 4.78 is 4.96. The Kier molecular flexibility index (Phi) is 3.83. The van der Waals surface area contributed by atoms with E-state index >= 15 is 0 Å². The summed E-state index contributed by atoms with van der Waals surface area (Å²) in [4.78, 5) is 12.2. The molecule has 1 aromatic rings. The maximum absolute atomic E-state index is 12.2. The van der Waals surface area contributed by atoms with E-state index in [-0.39, 0.29) is 23.2 Å². The van der Waals surface area contributed by atoms with E-state index in [2.05, 4.69) is 15.6 Å². The van der Waals surface area contributed by atoms with Crippen LogP contribution in [0.1, 0.15) is 38.6 Å². The van der Waals surface area contributed by atoms with Crippen LogP contribution >= 0.6 is 0 Å². The van der Waals surface area contributed by atoms with Crippen LogP contribution in [-0.4, -0.2) is 22.0 Å². The Morgan fingerprint density at radius 2 is 2.30 bits per heavy atom. The topological polar surface area (TPSA) is 87.7 Å². The SMILES string of the molecule is C/C(=N\O)C1CC(C(=O)NCc2cc(C)on2)C1(C)C. The van der Waals surface area contributed by atoms with Gasteiger partial charge in [0.1, 0.15) is 11.5 Å². The smallest absolute Gasteiger partial charge is 0.224 e. The monoisotopic (exact) mass is 279 g/mol. The number of aromatic nitrogens is 1. The van der Waals surface area contributed by atoms with E-state index in [1.165, 1.54) is 0 Å². The minimum atomic E-state index is -0.194. The molecule has 2 N–H and O–H groups in total. The van der Waals surface area contributed by atoms with Gasteiger partial charge in [-0.2, -0.15) is 0 Å². The van der Waals surface area contributed by atoms with Crippen LogP contribution in [0.2, 0.25) is 0 Å². The quantitative estimate of drug-likeness (QED) is 0.502. The van der Waals surface area contributed by atoms with Gasteiger partial charge in [-0.25, -0.2) is 0 Å². The van der Waals surface area contributed by atoms with Crippen molar-refractivity contribution in [1.29, 1.82) is 0 Å². The Balaban J connectivity index is 1.91. The zero-order valence-corrected chi connectivity index (χ0v) is 12.3. The Bertz CT molecular complexity index is 534. The van der Waals surface area contributed by atoms with Crippen molar-refractivity contribution in [2.24, 2.45) is 22.4 Å². The lowest BCUT2D eigenvalue weighted by atomic mass is 9.53. The van der Waals surface area contributed by atoms with Crippen molar-refractivity contribution < 1.29 is 14.5 Å². The highest BCUT2D eigenvalue weighted by atomic mass is 16.5. The number of nitrogens with one attached hydrogen (secondary N) is 1. The maximum Gasteiger partial charge on any atom is 0.224 e. The van der Waals surface area contributed by atoms with Gasteiger partial charge in [-0.3, -0.25) is 4.79 Å². The van der Waals surface area contributed by atoms with Gasteiger partial charge >= 0.3 is 0 Å². The van der Waals surface area contributed by atoms with Gasteiger partial charge < -0.3 is 15.0 Å². The molecular weight excluding hydrogens is 258 g/mol. The molecule has 110 valence electrons. The van der Waals surface area contributed by atoms with Crippen molar-refractivity contribution in [3.63, 3.8) is 0 Å². The Labute approximate surface area is 118 Å². The lowest BCUT2D eigenvalue weighted by molar-refractivity contribution is -0.137. The molecule has 1 aromatic heterocycles. The highest BCUT2D eigenvalue weighted by Gasteiger charge is 2.52. The fourth-order valence-electron chi connectivity index (χ4n) is 2.95. The highest BCUT2D eigenvalue weighted by Crippen LogP contribution is 2.51. The number of carbonyl (C=O) groups is 1. The third-order valence-electron chi connectivity index (χ3n) is 4.37. The molecule has 1 amide bonds. The first kappa shape index (κ1) is 14.6. The first-order valence-electron chi connectivity index (χ1n) is 6.74. The van der Waals surface area contributed by atoms with Crippen LogP contribution in [0.5, 0.6) is 0 Å². The third kappa shape index (κ3) is 2.55. The fourth-order valence-corrected chi connectivity index (χ4v) is 2.95. The summed E-state index contributed by atoms with van der Waals surface area (Å²) in [6.45, 7) is 8.04. The molecular formula is C14H21N3O3. The summed E-state index contributed by atoms with van der Waals surface area (Å²) in [5.41, 5.74) is 1.21. The second-order valence-electron chi connectivity index (χ2n) is 6.05. The first-order chi connectivity index (χ1) is 9.36. The maximum atomic E-state index is 12.2. The van der Waals surface area contributed by atoms with E-state index in [0.29, 0.717) is 18.7 Å². The summed E-state index contributed by atoms with van der Waals surface area (Å²) in [7, 11) is 0. The molecule has 1 aliphatic rings. The number of aryl methyl sites for hydroxylation is 1. The molecule has 6 nitrogen and oxygen atoms in total. The van der Waals surface area contributed by atoms with Crippen molar-refractivity contribution in [2.45, 2.75) is 40.7 Å². The van der Waals surface area contributed by atoms with Gasteiger partial charge in [0.05, 0.1) is 12.3 Å². The van der Waals surface area contributed by atoms with Crippen molar-refractivity contribution in [1.82, 2.24) is 10.5 Å². The number of oxime groups is 1. The summed E-state index contributed by atoms with van der Waals surface area (Å²) >= 11 is 0. The second-order valence-corrected chi connectivity index (χ2v) is 6.05. The van der Waals surface area contributed by atoms with E-state index in [9.17, 15) is 4.79 Å². The van der Waals surface area contributed by atoms with Crippen LogP contribution in [-0.2, 0) is 11.3 Å². The van der Waals surface area contributed by atoms with Crippen molar-refractivity contribution >= 4 is 11.6 Å². The molecule has 0 bridgehead atoms. The number of hydrogen-bond acceptors (Lipinski definition) is 5. The van der Waals surface area contributed by atoms with E-state index in [1.807, 2.05) is 20.8 Å². The van der Waals surface area contributed by atoms with Crippen LogP contribution < -0.4 is 5.32 Å². The first-order valence-corrected chi connectivity index (χ1v) is 6.74. The van der Waals surface area contributed by atoms with Gasteiger partial charge in [-0.05, 0) is 25.7 Å². The molecule has 2 rings (SSSR count). The van der Waals surface area contributed by atoms with Gasteiger partial charge in [0.2, 0.25) is 5.91 Å². The zero-order chi connectivity index (χ0) is 14.9. The second kappa shape index (κ2) is 5.26. The molecule has 0 aromatic carbocycles. The predicted molar refractivity (Wildman–Crippen MR) is 73.4 cm³/mol. The van der Waals surface area contributed by atoms with Gasteiger partial charge in [-0.1, -0.05) is 24.2 Å². The van der Waals surface area contributed by atoms with Gasteiger partial charge in [0.25, 0.3) is 0 Å². The number of hydrogen-bond donors (Lipinski definition) is 2. The van der Waals surface area contributed by atoms with Crippen LogP contribution in [0.4, 0.5) is 0 Å². The Morgan fingerprint density at radius 1 is 1.60 bits per heavy atom. The van der Waals surface area contributed by atoms with Gasteiger partial charge in [-0.15, -0.1) is 0 Å². The van der Waals surface area contributed by atoms with Crippen molar-refractivity contribution in [2.75, 3.05) is 0 Å². The third-order valence-corrected chi connectivity index (χ3v) is 4.37. The number of carbonyl (C=O) groups excluding carboxylic acids is 1. The standard InChI is InChI=1S/C14H21N3O3/c1-8-5-10(17-20-8)7-15-13(18)12-6-11(9(2)16-19)14(12,3)4/h5,11-12,19H,6-7H2,1-4H3,(H,15,18)/b16-9+. The van der Waals surface area contributed by atoms with Crippen molar-refractivity contribution in [3.05, 3.63) is 17.5 Å². The van der Waals surface area contributed by atoms with Crippen LogP contribution in [0, 0.1) is 24.2 Å². The van der Waals surface area contributed by atoms with E-state index in [4.69, 9.17) is 9.73 Å². The molecule has 1 saturated carbocycles. The van der Waals surface area contributed by atoms with Crippen LogP contribution in [0.15, 0.2) is 15.7 Å². The van der Waals surface area contributed by atoms with Crippen LogP contribution in [0.25, 0.3) is 0 Å². The summed E-state index contributed by atoms with van der Waals surface area (Å²) in [6.07, 6.45) is 0.715. The van der Waals surface area contributed by atoms with Gasteiger partial charge in [0, 0.05) is 17.9 Å². The summed E-state index contributed by atoms with van der Waals surface area (Å²) in [5, 5.41) is 18.8. The van der Waals surface area contributed by atoms with E-state index in [1.54, 1.807) is 13.0 Å². The number of nitrogens with zero attached hydrogens (tertiary/aromatic N) is 2. The molecule has 2 unspecified atom stereocenters. The molecule has 0 radical (unpaired) electrons. The number of rotatable bonds is 4. The molecule has 0 saturated heterocycles. The molecule has 0 spiro atoms. The largest absolute Gasteiger partial charge is 0.411 e. The molecule has 2 atom stereocenters. The van der Waals surface area contributed by atoms with E-state index in [0.717, 1.165) is 11.5 Å². The molecule has 1 heterocycles. The lowest BCUT2D eigenvalue weighted by Crippen LogP contribution is -2.54. The summed E-state index contributed by atoms with van der Waals surface area (Å²) in [6, 6.07) is 1.80. The minimum absolute atomic E-state index is 0.0117. The summed E-state index contributed by atoms with van der Waals surface area (Å²) in [5.74, 6) is 0.820. The fraction of sp³-hybridized carbons (Fsp3) is 0.643. The highest BCUT2D eigenvalue weighted by molar-refractivity contribution is 5.89. The molecule has 0 aliphatic heterocycles. The molecule has 6 heteroatoms. The van der Waals surface area contributed by atoms with Crippen LogP contribution in [0.3, 0.4) is 0 Å². The van der Waals surface area contributed by atoms with Crippen molar-refractivity contribution in [3.8, 4) is 0 Å². The van der Waals surface area contributed by atoms with Gasteiger partial charge in [0.15, 0.2) is 0 Å². The molecule has 1 aliphatic carbocycles. The predicted octanol–water partition coefficient (Wildman–Crippen LogP) is 2.11. The Hall–Kier alpha value is -1.85. The molecule has 1 fully saturated rings. The average molecular weight is 279 g/mol.